The smallest absolute Gasteiger partial charge is 0.221 e. The molecule has 0 atom stereocenters. The Hall–Kier alpha value is -1.43. The molecule has 2 N–H and O–H groups in total. The highest BCUT2D eigenvalue weighted by molar-refractivity contribution is 5.75. The van der Waals surface area contributed by atoms with Crippen molar-refractivity contribution in [1.82, 2.24) is 25.4 Å². The normalized spacial score (nSPS) is 11.5. The number of rotatable bonds is 5. The molecule has 0 spiro atoms. The van der Waals surface area contributed by atoms with Crippen LogP contribution in [0.15, 0.2) is 6.33 Å². The van der Waals surface area contributed by atoms with E-state index < -0.39 is 0 Å². The van der Waals surface area contributed by atoms with Gasteiger partial charge >= 0.3 is 0 Å². The lowest BCUT2D eigenvalue weighted by Gasteiger charge is -2.20. The van der Waals surface area contributed by atoms with Gasteiger partial charge < -0.3 is 10.6 Å². The molecule has 0 saturated carbocycles. The zero-order valence-corrected chi connectivity index (χ0v) is 10.9. The Bertz CT molecular complexity index is 366. The van der Waals surface area contributed by atoms with Crippen molar-refractivity contribution in [2.24, 2.45) is 7.05 Å². The average molecular weight is 239 g/mol. The molecule has 0 unspecified atom stereocenters. The molecule has 0 radical (unpaired) electrons. The largest absolute Gasteiger partial charge is 0.349 e. The molecule has 1 aromatic heterocycles. The molecule has 1 heterocycles. The number of carbonyl (C=O) groups excluding carboxylic acids is 1. The van der Waals surface area contributed by atoms with Crippen LogP contribution in [-0.4, -0.2) is 32.8 Å². The van der Waals surface area contributed by atoms with E-state index in [4.69, 9.17) is 0 Å². The van der Waals surface area contributed by atoms with E-state index in [1.54, 1.807) is 18.1 Å². The molecule has 1 amide bonds. The van der Waals surface area contributed by atoms with Crippen LogP contribution >= 0.6 is 0 Å². The molecule has 0 bridgehead atoms. The van der Waals surface area contributed by atoms with Crippen LogP contribution in [0.1, 0.15) is 33.0 Å². The first-order valence-corrected chi connectivity index (χ1v) is 5.73. The highest BCUT2D eigenvalue weighted by Crippen LogP contribution is 1.97. The van der Waals surface area contributed by atoms with E-state index in [0.29, 0.717) is 25.3 Å². The molecular formula is C11H21N5O. The molecule has 0 aliphatic carbocycles. The average Bonchev–Trinajstić information content (AvgIpc) is 2.59. The maximum Gasteiger partial charge on any atom is 0.221 e. The zero-order chi connectivity index (χ0) is 12.9. The Labute approximate surface area is 102 Å². The van der Waals surface area contributed by atoms with Crippen LogP contribution in [0.2, 0.25) is 0 Å². The second kappa shape index (κ2) is 5.77. The third-order valence-electron chi connectivity index (χ3n) is 2.10. The minimum absolute atomic E-state index is 0.00852. The molecule has 0 aliphatic heterocycles. The molecule has 6 heteroatoms. The van der Waals surface area contributed by atoms with Gasteiger partial charge in [0.15, 0.2) is 5.82 Å². The lowest BCUT2D eigenvalue weighted by Crippen LogP contribution is -2.38. The second-order valence-electron chi connectivity index (χ2n) is 5.04. The quantitative estimate of drug-likeness (QED) is 0.770. The van der Waals surface area contributed by atoms with Crippen molar-refractivity contribution in [1.29, 1.82) is 0 Å². The summed E-state index contributed by atoms with van der Waals surface area (Å²) in [7, 11) is 1.80. The van der Waals surface area contributed by atoms with Crippen LogP contribution in [0, 0.1) is 0 Å². The number of amides is 1. The number of nitrogens with zero attached hydrogens (tertiary/aromatic N) is 3. The van der Waals surface area contributed by atoms with Gasteiger partial charge in [0.2, 0.25) is 5.91 Å². The maximum absolute atomic E-state index is 11.5. The number of carbonyl (C=O) groups is 1. The van der Waals surface area contributed by atoms with Crippen LogP contribution in [0.5, 0.6) is 0 Å². The van der Waals surface area contributed by atoms with Gasteiger partial charge in [-0.1, -0.05) is 0 Å². The van der Waals surface area contributed by atoms with Crippen LogP contribution in [0.3, 0.4) is 0 Å². The van der Waals surface area contributed by atoms with E-state index in [-0.39, 0.29) is 11.4 Å². The Morgan fingerprint density at radius 3 is 2.71 bits per heavy atom. The third-order valence-corrected chi connectivity index (χ3v) is 2.10. The standard InChI is InChI=1S/C11H21N5O/c1-11(2,3)14-6-5-10(17)12-7-9-13-8-16(4)15-9/h8,14H,5-7H2,1-4H3,(H,12,17). The summed E-state index contributed by atoms with van der Waals surface area (Å²) < 4.78 is 1.61. The van der Waals surface area contributed by atoms with E-state index in [9.17, 15) is 4.79 Å². The predicted molar refractivity (Wildman–Crippen MR) is 65.2 cm³/mol. The first-order chi connectivity index (χ1) is 7.87. The molecule has 0 aliphatic rings. The van der Waals surface area contributed by atoms with E-state index in [1.165, 1.54) is 0 Å². The van der Waals surface area contributed by atoms with Crippen molar-refractivity contribution in [3.63, 3.8) is 0 Å². The molecule has 1 aromatic rings. The van der Waals surface area contributed by atoms with Crippen LogP contribution in [0.4, 0.5) is 0 Å². The van der Waals surface area contributed by atoms with Gasteiger partial charge in [-0.3, -0.25) is 9.48 Å². The van der Waals surface area contributed by atoms with Gasteiger partial charge in [-0.2, -0.15) is 5.10 Å². The number of aryl methyl sites for hydroxylation is 1. The van der Waals surface area contributed by atoms with E-state index in [1.807, 2.05) is 0 Å². The Kier molecular flexibility index (Phi) is 4.62. The second-order valence-corrected chi connectivity index (χ2v) is 5.04. The summed E-state index contributed by atoms with van der Waals surface area (Å²) in [5.41, 5.74) is 0.0445. The summed E-state index contributed by atoms with van der Waals surface area (Å²) in [6.07, 6.45) is 2.08. The van der Waals surface area contributed by atoms with Gasteiger partial charge in [0.1, 0.15) is 6.33 Å². The summed E-state index contributed by atoms with van der Waals surface area (Å²) in [4.78, 5) is 15.5. The molecule has 6 nitrogen and oxygen atoms in total. The fraction of sp³-hybridized carbons (Fsp3) is 0.727. The lowest BCUT2D eigenvalue weighted by molar-refractivity contribution is -0.121. The molecule has 1 rings (SSSR count). The van der Waals surface area contributed by atoms with Crippen molar-refractivity contribution in [2.45, 2.75) is 39.3 Å². The van der Waals surface area contributed by atoms with Gasteiger partial charge in [0, 0.05) is 25.6 Å². The summed E-state index contributed by atoms with van der Waals surface area (Å²) in [5.74, 6) is 0.638. The van der Waals surface area contributed by atoms with Crippen molar-refractivity contribution in [2.75, 3.05) is 6.54 Å². The van der Waals surface area contributed by atoms with Gasteiger partial charge in [0.05, 0.1) is 6.54 Å². The first kappa shape index (κ1) is 13.6. The fourth-order valence-corrected chi connectivity index (χ4v) is 1.28. The fourth-order valence-electron chi connectivity index (χ4n) is 1.28. The molecule has 96 valence electrons. The molecule has 0 saturated heterocycles. The molecular weight excluding hydrogens is 218 g/mol. The Balaban J connectivity index is 2.18. The summed E-state index contributed by atoms with van der Waals surface area (Å²) in [6.45, 7) is 7.27. The summed E-state index contributed by atoms with van der Waals surface area (Å²) in [5, 5.41) is 10.1. The predicted octanol–water partition coefficient (Wildman–Crippen LogP) is 0.210. The minimum Gasteiger partial charge on any atom is -0.349 e. The van der Waals surface area contributed by atoms with Gasteiger partial charge in [-0.05, 0) is 20.8 Å². The van der Waals surface area contributed by atoms with Crippen molar-refractivity contribution in [3.05, 3.63) is 12.2 Å². The van der Waals surface area contributed by atoms with E-state index in [0.717, 1.165) is 0 Å². The van der Waals surface area contributed by atoms with Gasteiger partial charge in [-0.15, -0.1) is 0 Å². The first-order valence-electron chi connectivity index (χ1n) is 5.73. The van der Waals surface area contributed by atoms with Crippen molar-refractivity contribution in [3.8, 4) is 0 Å². The summed E-state index contributed by atoms with van der Waals surface area (Å²) >= 11 is 0. The summed E-state index contributed by atoms with van der Waals surface area (Å²) in [6, 6.07) is 0. The highest BCUT2D eigenvalue weighted by Gasteiger charge is 2.09. The molecule has 0 fully saturated rings. The van der Waals surface area contributed by atoms with E-state index in [2.05, 4.69) is 41.5 Å². The number of aromatic nitrogens is 3. The third kappa shape index (κ3) is 6.01. The number of hydrogen-bond donors (Lipinski definition) is 2. The van der Waals surface area contributed by atoms with E-state index >= 15 is 0 Å². The number of nitrogens with one attached hydrogen (secondary N) is 2. The van der Waals surface area contributed by atoms with Gasteiger partial charge in [0.25, 0.3) is 0 Å². The topological polar surface area (TPSA) is 71.8 Å². The van der Waals surface area contributed by atoms with Crippen molar-refractivity contribution < 1.29 is 4.79 Å². The van der Waals surface area contributed by atoms with Crippen molar-refractivity contribution >= 4 is 5.91 Å². The SMILES string of the molecule is Cn1cnc(CNC(=O)CCNC(C)(C)C)n1. The Morgan fingerprint density at radius 1 is 1.47 bits per heavy atom. The monoisotopic (exact) mass is 239 g/mol. The molecule has 0 aromatic carbocycles. The van der Waals surface area contributed by atoms with Crippen LogP contribution < -0.4 is 10.6 Å². The minimum atomic E-state index is 0.00852. The van der Waals surface area contributed by atoms with Crippen LogP contribution in [-0.2, 0) is 18.4 Å². The van der Waals surface area contributed by atoms with Gasteiger partial charge in [-0.25, -0.2) is 4.98 Å². The number of hydrogen-bond acceptors (Lipinski definition) is 4. The zero-order valence-electron chi connectivity index (χ0n) is 10.9. The highest BCUT2D eigenvalue weighted by atomic mass is 16.1. The lowest BCUT2D eigenvalue weighted by atomic mass is 10.1. The maximum atomic E-state index is 11.5. The Morgan fingerprint density at radius 2 is 2.18 bits per heavy atom. The van der Waals surface area contributed by atoms with Crippen LogP contribution in [0.25, 0.3) is 0 Å². The molecule has 17 heavy (non-hydrogen) atoms.